The molecule has 3 rings (SSSR count). The molecule has 1 aromatic carbocycles. The lowest BCUT2D eigenvalue weighted by atomic mass is 10.2. The van der Waals surface area contributed by atoms with Crippen LogP contribution in [0.2, 0.25) is 0 Å². The fraction of sp³-hybridized carbons (Fsp3) is 0.389. The highest BCUT2D eigenvalue weighted by molar-refractivity contribution is 7.89. The van der Waals surface area contributed by atoms with Crippen molar-refractivity contribution in [2.24, 2.45) is 7.05 Å². The number of amides is 1. The van der Waals surface area contributed by atoms with E-state index in [1.807, 2.05) is 0 Å². The molecule has 1 fully saturated rings. The van der Waals surface area contributed by atoms with Crippen molar-refractivity contribution in [3.63, 3.8) is 0 Å². The Balaban J connectivity index is 1.80. The molecule has 1 N–H and O–H groups in total. The maximum atomic E-state index is 12.9. The van der Waals surface area contributed by atoms with Crippen molar-refractivity contribution in [3.05, 3.63) is 53.1 Å². The summed E-state index contributed by atoms with van der Waals surface area (Å²) in [6, 6.07) is 7.27. The summed E-state index contributed by atoms with van der Waals surface area (Å²) in [6.45, 7) is 2.96. The second-order valence-corrected chi connectivity index (χ2v) is 8.36. The number of nitrogens with zero attached hydrogens (tertiary/aromatic N) is 2. The first-order valence-electron chi connectivity index (χ1n) is 8.50. The first-order chi connectivity index (χ1) is 12.3. The first kappa shape index (κ1) is 18.6. The van der Waals surface area contributed by atoms with E-state index in [4.69, 9.17) is 0 Å². The van der Waals surface area contributed by atoms with E-state index in [0.717, 1.165) is 18.4 Å². The van der Waals surface area contributed by atoms with Crippen LogP contribution in [0.25, 0.3) is 0 Å². The number of halogens is 1. The number of sulfonamides is 1. The molecular weight excluding hydrogens is 357 g/mol. The van der Waals surface area contributed by atoms with Crippen LogP contribution in [-0.4, -0.2) is 36.3 Å². The molecule has 0 spiro atoms. The molecule has 1 aromatic heterocycles. The number of hydrogen-bond acceptors (Lipinski definition) is 3. The third-order valence-electron chi connectivity index (χ3n) is 4.77. The summed E-state index contributed by atoms with van der Waals surface area (Å²) >= 11 is 0. The second kappa shape index (κ2) is 7.20. The minimum Gasteiger partial charge on any atom is -0.347 e. The van der Waals surface area contributed by atoms with Crippen LogP contribution >= 0.6 is 0 Å². The predicted molar refractivity (Wildman–Crippen MR) is 95.7 cm³/mol. The van der Waals surface area contributed by atoms with Crippen LogP contribution < -0.4 is 5.32 Å². The van der Waals surface area contributed by atoms with Gasteiger partial charge in [0.2, 0.25) is 10.0 Å². The van der Waals surface area contributed by atoms with E-state index in [9.17, 15) is 17.6 Å². The van der Waals surface area contributed by atoms with Crippen LogP contribution in [0.1, 0.15) is 34.6 Å². The smallest absolute Gasteiger partial charge is 0.268 e. The Hall–Kier alpha value is -2.19. The molecule has 2 heterocycles. The van der Waals surface area contributed by atoms with Gasteiger partial charge in [-0.15, -0.1) is 0 Å². The summed E-state index contributed by atoms with van der Waals surface area (Å²) in [5.74, 6) is -0.710. The van der Waals surface area contributed by atoms with Crippen LogP contribution in [0, 0.1) is 12.7 Å². The molecule has 0 bridgehead atoms. The molecule has 0 radical (unpaired) electrons. The van der Waals surface area contributed by atoms with Crippen molar-refractivity contribution in [2.45, 2.75) is 31.2 Å². The van der Waals surface area contributed by atoms with Crippen molar-refractivity contribution in [1.29, 1.82) is 0 Å². The van der Waals surface area contributed by atoms with Crippen molar-refractivity contribution in [1.82, 2.24) is 14.2 Å². The van der Waals surface area contributed by atoms with Gasteiger partial charge < -0.3 is 9.88 Å². The SMILES string of the molecule is Cc1c(S(=O)(=O)N2CCCC2)cc(C(=O)NCc2ccc(F)cc2)n1C. The Morgan fingerprint density at radius 3 is 2.42 bits per heavy atom. The lowest BCUT2D eigenvalue weighted by Gasteiger charge is -2.15. The largest absolute Gasteiger partial charge is 0.347 e. The first-order valence-corrected chi connectivity index (χ1v) is 9.94. The highest BCUT2D eigenvalue weighted by atomic mass is 32.2. The normalized spacial score (nSPS) is 15.3. The van der Waals surface area contributed by atoms with Gasteiger partial charge in [0.15, 0.2) is 0 Å². The van der Waals surface area contributed by atoms with E-state index < -0.39 is 10.0 Å². The third kappa shape index (κ3) is 3.52. The Labute approximate surface area is 152 Å². The molecule has 140 valence electrons. The summed E-state index contributed by atoms with van der Waals surface area (Å²) in [5.41, 5.74) is 1.57. The number of benzene rings is 1. The summed E-state index contributed by atoms with van der Waals surface area (Å²) < 4.78 is 41.6. The Bertz CT molecular complexity index is 914. The van der Waals surface area contributed by atoms with E-state index in [2.05, 4.69) is 5.32 Å². The van der Waals surface area contributed by atoms with Gasteiger partial charge in [0.05, 0.1) is 0 Å². The number of nitrogens with one attached hydrogen (secondary N) is 1. The standard InChI is InChI=1S/C18H22FN3O3S/c1-13-17(26(24,25)22-9-3-4-10-22)11-16(21(13)2)18(23)20-12-14-5-7-15(19)8-6-14/h5-8,11H,3-4,9-10,12H2,1-2H3,(H,20,23). The van der Waals surface area contributed by atoms with Crippen LogP contribution in [0.5, 0.6) is 0 Å². The average molecular weight is 379 g/mol. The fourth-order valence-electron chi connectivity index (χ4n) is 3.09. The average Bonchev–Trinajstić information content (AvgIpc) is 3.25. The molecule has 6 nitrogen and oxygen atoms in total. The third-order valence-corrected chi connectivity index (χ3v) is 6.78. The van der Waals surface area contributed by atoms with Gasteiger partial charge in [0.1, 0.15) is 16.4 Å². The molecule has 0 saturated carbocycles. The number of carbonyl (C=O) groups is 1. The molecule has 0 atom stereocenters. The number of aromatic nitrogens is 1. The molecule has 26 heavy (non-hydrogen) atoms. The van der Waals surface area contributed by atoms with Crippen molar-refractivity contribution in [2.75, 3.05) is 13.1 Å². The monoisotopic (exact) mass is 379 g/mol. The highest BCUT2D eigenvalue weighted by Crippen LogP contribution is 2.26. The Morgan fingerprint density at radius 2 is 1.81 bits per heavy atom. The van der Waals surface area contributed by atoms with Gasteiger partial charge >= 0.3 is 0 Å². The topological polar surface area (TPSA) is 71.4 Å². The van der Waals surface area contributed by atoms with Gasteiger partial charge in [-0.3, -0.25) is 4.79 Å². The van der Waals surface area contributed by atoms with Crippen LogP contribution in [0.4, 0.5) is 4.39 Å². The van der Waals surface area contributed by atoms with E-state index in [-0.39, 0.29) is 28.9 Å². The zero-order chi connectivity index (χ0) is 18.9. The summed E-state index contributed by atoms with van der Waals surface area (Å²) in [6.07, 6.45) is 1.71. The molecular formula is C18H22FN3O3S. The molecule has 1 saturated heterocycles. The van der Waals surface area contributed by atoms with Crippen molar-refractivity contribution >= 4 is 15.9 Å². The number of rotatable bonds is 5. The quantitative estimate of drug-likeness (QED) is 0.866. The van der Waals surface area contributed by atoms with Gasteiger partial charge in [0.25, 0.3) is 5.91 Å². The molecule has 2 aromatic rings. The van der Waals surface area contributed by atoms with Gasteiger partial charge in [-0.05, 0) is 43.5 Å². The number of hydrogen-bond donors (Lipinski definition) is 1. The molecule has 1 aliphatic heterocycles. The molecule has 1 aliphatic rings. The van der Waals surface area contributed by atoms with Crippen molar-refractivity contribution in [3.8, 4) is 0 Å². The number of carbonyl (C=O) groups excluding carboxylic acids is 1. The van der Waals surface area contributed by atoms with Gasteiger partial charge in [-0.2, -0.15) is 4.31 Å². The second-order valence-electron chi connectivity index (χ2n) is 6.46. The van der Waals surface area contributed by atoms with E-state index in [1.54, 1.807) is 30.7 Å². The molecule has 0 unspecified atom stereocenters. The lowest BCUT2D eigenvalue weighted by Crippen LogP contribution is -2.28. The minimum absolute atomic E-state index is 0.175. The molecule has 1 amide bonds. The van der Waals surface area contributed by atoms with Crippen LogP contribution in [0.3, 0.4) is 0 Å². The zero-order valence-corrected chi connectivity index (χ0v) is 15.6. The van der Waals surface area contributed by atoms with Gasteiger partial charge in [-0.25, -0.2) is 12.8 Å². The van der Waals surface area contributed by atoms with E-state index >= 15 is 0 Å². The Kier molecular flexibility index (Phi) is 5.15. The maximum absolute atomic E-state index is 12.9. The van der Waals surface area contributed by atoms with Crippen LogP contribution in [-0.2, 0) is 23.6 Å². The van der Waals surface area contributed by atoms with Gasteiger partial charge in [-0.1, -0.05) is 12.1 Å². The minimum atomic E-state index is -3.59. The summed E-state index contributed by atoms with van der Waals surface area (Å²) in [7, 11) is -1.91. The van der Waals surface area contributed by atoms with Gasteiger partial charge in [0, 0.05) is 32.4 Å². The molecule has 0 aliphatic carbocycles. The fourth-order valence-corrected chi connectivity index (χ4v) is 4.88. The summed E-state index contributed by atoms with van der Waals surface area (Å²) in [4.78, 5) is 12.7. The van der Waals surface area contributed by atoms with E-state index in [1.165, 1.54) is 22.5 Å². The summed E-state index contributed by atoms with van der Waals surface area (Å²) in [5, 5.41) is 2.75. The highest BCUT2D eigenvalue weighted by Gasteiger charge is 2.31. The Morgan fingerprint density at radius 1 is 1.19 bits per heavy atom. The lowest BCUT2D eigenvalue weighted by molar-refractivity contribution is 0.0942. The predicted octanol–water partition coefficient (Wildman–Crippen LogP) is 2.19. The van der Waals surface area contributed by atoms with Crippen molar-refractivity contribution < 1.29 is 17.6 Å². The van der Waals surface area contributed by atoms with E-state index in [0.29, 0.717) is 18.8 Å². The zero-order valence-electron chi connectivity index (χ0n) is 14.8. The maximum Gasteiger partial charge on any atom is 0.268 e. The van der Waals surface area contributed by atoms with Crippen LogP contribution in [0.15, 0.2) is 35.2 Å². The molecule has 8 heteroatoms.